The monoisotopic (exact) mass is 491 g/mol. The van der Waals surface area contributed by atoms with Gasteiger partial charge in [0.25, 0.3) is 0 Å². The van der Waals surface area contributed by atoms with Crippen LogP contribution in [0, 0.1) is 5.92 Å². The number of amides is 2. The zero-order valence-electron chi connectivity index (χ0n) is 19.1. The molecule has 3 fully saturated rings. The Morgan fingerprint density at radius 2 is 1.73 bits per heavy atom. The zero-order valence-corrected chi connectivity index (χ0v) is 20.7. The molecule has 4 aliphatic rings. The third kappa shape index (κ3) is 4.56. The Morgan fingerprint density at radius 1 is 0.970 bits per heavy atom. The second-order valence-electron chi connectivity index (χ2n) is 9.70. The Hall–Kier alpha value is -1.58. The number of piperidine rings is 2. The fourth-order valence-corrected chi connectivity index (χ4v) is 8.38. The van der Waals surface area contributed by atoms with Gasteiger partial charge in [0.2, 0.25) is 21.8 Å². The SMILES string of the molecule is O=C1CSc2ccc(S(=O)(=O)N3CCCCC3)cc2N1CC(=O)N1CCC[C@H]2CCCC[C@@H]21. The van der Waals surface area contributed by atoms with Crippen molar-refractivity contribution in [2.24, 2.45) is 5.92 Å². The Balaban J connectivity index is 1.40. The second kappa shape index (κ2) is 9.58. The molecule has 5 rings (SSSR count). The summed E-state index contributed by atoms with van der Waals surface area (Å²) in [6.45, 7) is 1.81. The molecule has 0 bridgehead atoms. The molecule has 0 radical (unpaired) electrons. The van der Waals surface area contributed by atoms with Crippen LogP contribution in [0.3, 0.4) is 0 Å². The fraction of sp³-hybridized carbons (Fsp3) is 0.667. The molecule has 0 spiro atoms. The van der Waals surface area contributed by atoms with E-state index in [2.05, 4.69) is 0 Å². The number of carbonyl (C=O) groups excluding carboxylic acids is 2. The van der Waals surface area contributed by atoms with Gasteiger partial charge in [-0.1, -0.05) is 19.3 Å². The number of sulfonamides is 1. The van der Waals surface area contributed by atoms with E-state index in [1.165, 1.54) is 35.9 Å². The molecule has 9 heteroatoms. The van der Waals surface area contributed by atoms with Gasteiger partial charge in [0, 0.05) is 30.6 Å². The lowest BCUT2D eigenvalue weighted by atomic mass is 9.78. The van der Waals surface area contributed by atoms with Gasteiger partial charge < -0.3 is 9.80 Å². The largest absolute Gasteiger partial charge is 0.338 e. The Bertz CT molecular complexity index is 1020. The fourth-order valence-electron chi connectivity index (χ4n) is 5.93. The molecule has 1 saturated carbocycles. The number of anilines is 1. The zero-order chi connectivity index (χ0) is 23.0. The summed E-state index contributed by atoms with van der Waals surface area (Å²) in [6, 6.07) is 5.33. The molecule has 1 aliphatic carbocycles. The number of carbonyl (C=O) groups is 2. The van der Waals surface area contributed by atoms with Crippen molar-refractivity contribution in [2.75, 3.05) is 36.8 Å². The van der Waals surface area contributed by atoms with Crippen LogP contribution in [-0.2, 0) is 19.6 Å². The van der Waals surface area contributed by atoms with E-state index in [-0.39, 0.29) is 29.0 Å². The molecule has 7 nitrogen and oxygen atoms in total. The van der Waals surface area contributed by atoms with Crippen molar-refractivity contribution in [3.05, 3.63) is 18.2 Å². The topological polar surface area (TPSA) is 78.0 Å². The highest BCUT2D eigenvalue weighted by molar-refractivity contribution is 8.00. The molecule has 3 aliphatic heterocycles. The van der Waals surface area contributed by atoms with Crippen LogP contribution >= 0.6 is 11.8 Å². The maximum atomic E-state index is 13.4. The van der Waals surface area contributed by atoms with Crippen LogP contribution in [0.2, 0.25) is 0 Å². The van der Waals surface area contributed by atoms with Crippen molar-refractivity contribution >= 4 is 39.3 Å². The van der Waals surface area contributed by atoms with Gasteiger partial charge in [-0.15, -0.1) is 11.8 Å². The molecule has 0 N–H and O–H groups in total. The van der Waals surface area contributed by atoms with E-state index in [0.29, 0.717) is 30.7 Å². The van der Waals surface area contributed by atoms with Gasteiger partial charge in [-0.2, -0.15) is 4.31 Å². The molecule has 1 aromatic rings. The van der Waals surface area contributed by atoms with Gasteiger partial charge in [-0.05, 0) is 62.6 Å². The number of benzene rings is 1. The summed E-state index contributed by atoms with van der Waals surface area (Å²) in [7, 11) is -3.61. The molecule has 0 aromatic heterocycles. The van der Waals surface area contributed by atoms with Crippen LogP contribution in [0.4, 0.5) is 5.69 Å². The lowest BCUT2D eigenvalue weighted by Gasteiger charge is -2.44. The molecule has 2 atom stereocenters. The van der Waals surface area contributed by atoms with E-state index in [9.17, 15) is 18.0 Å². The average Bonchev–Trinajstić information content (AvgIpc) is 2.85. The van der Waals surface area contributed by atoms with Crippen molar-refractivity contribution in [3.8, 4) is 0 Å². The molecule has 33 heavy (non-hydrogen) atoms. The van der Waals surface area contributed by atoms with E-state index in [0.717, 1.165) is 50.0 Å². The smallest absolute Gasteiger partial charge is 0.243 e. The van der Waals surface area contributed by atoms with Crippen LogP contribution in [-0.4, -0.2) is 67.4 Å². The molecule has 1 aromatic carbocycles. The third-order valence-electron chi connectivity index (χ3n) is 7.68. The highest BCUT2D eigenvalue weighted by atomic mass is 32.2. The van der Waals surface area contributed by atoms with Crippen LogP contribution in [0.25, 0.3) is 0 Å². The van der Waals surface area contributed by atoms with Crippen LogP contribution in [0.5, 0.6) is 0 Å². The molecule has 2 amide bonds. The van der Waals surface area contributed by atoms with Crippen LogP contribution in [0.15, 0.2) is 28.0 Å². The molecule has 2 saturated heterocycles. The summed E-state index contributed by atoms with van der Waals surface area (Å²) in [5.41, 5.74) is 0.555. The summed E-state index contributed by atoms with van der Waals surface area (Å²) >= 11 is 1.41. The molecule has 0 unspecified atom stereocenters. The number of fused-ring (bicyclic) bond motifs is 2. The van der Waals surface area contributed by atoms with Crippen molar-refractivity contribution in [3.63, 3.8) is 0 Å². The van der Waals surface area contributed by atoms with Crippen molar-refractivity contribution < 1.29 is 18.0 Å². The first kappa shape index (κ1) is 23.2. The predicted octanol–water partition coefficient (Wildman–Crippen LogP) is 3.48. The predicted molar refractivity (Wildman–Crippen MR) is 129 cm³/mol. The highest BCUT2D eigenvalue weighted by Gasteiger charge is 2.38. The molecule has 180 valence electrons. The first-order valence-electron chi connectivity index (χ1n) is 12.3. The van der Waals surface area contributed by atoms with E-state index >= 15 is 0 Å². The van der Waals surface area contributed by atoms with E-state index in [1.54, 1.807) is 22.5 Å². The normalized spacial score (nSPS) is 26.6. The number of nitrogens with zero attached hydrogens (tertiary/aromatic N) is 3. The number of hydrogen-bond acceptors (Lipinski definition) is 5. The summed E-state index contributed by atoms with van der Waals surface area (Å²) in [6.07, 6.45) is 9.64. The van der Waals surface area contributed by atoms with Crippen LogP contribution in [0.1, 0.15) is 57.8 Å². The van der Waals surface area contributed by atoms with Crippen molar-refractivity contribution in [2.45, 2.75) is 73.6 Å². The Labute approximate surface area is 200 Å². The van der Waals surface area contributed by atoms with Gasteiger partial charge in [-0.3, -0.25) is 9.59 Å². The summed E-state index contributed by atoms with van der Waals surface area (Å²) < 4.78 is 28.0. The first-order valence-corrected chi connectivity index (χ1v) is 14.7. The first-order chi connectivity index (χ1) is 15.9. The Kier molecular flexibility index (Phi) is 6.73. The van der Waals surface area contributed by atoms with Crippen molar-refractivity contribution in [1.82, 2.24) is 9.21 Å². The lowest BCUT2D eigenvalue weighted by molar-refractivity contribution is -0.137. The molecule has 3 heterocycles. The molecular formula is C24H33N3O4S2. The minimum absolute atomic E-state index is 0.0111. The highest BCUT2D eigenvalue weighted by Crippen LogP contribution is 2.39. The number of likely N-dealkylation sites (tertiary alicyclic amines) is 1. The van der Waals surface area contributed by atoms with Crippen LogP contribution < -0.4 is 4.90 Å². The Morgan fingerprint density at radius 3 is 2.55 bits per heavy atom. The minimum atomic E-state index is -3.61. The lowest BCUT2D eigenvalue weighted by Crippen LogP contribution is -2.53. The maximum absolute atomic E-state index is 13.4. The van der Waals surface area contributed by atoms with Crippen molar-refractivity contribution in [1.29, 1.82) is 0 Å². The molecular weight excluding hydrogens is 458 g/mol. The van der Waals surface area contributed by atoms with Gasteiger partial charge in [0.1, 0.15) is 6.54 Å². The maximum Gasteiger partial charge on any atom is 0.243 e. The quantitative estimate of drug-likeness (QED) is 0.644. The number of rotatable bonds is 4. The van der Waals surface area contributed by atoms with E-state index < -0.39 is 10.0 Å². The number of hydrogen-bond donors (Lipinski definition) is 0. The summed E-state index contributed by atoms with van der Waals surface area (Å²) in [4.78, 5) is 30.9. The van der Waals surface area contributed by atoms with Gasteiger partial charge in [0.05, 0.1) is 16.3 Å². The van der Waals surface area contributed by atoms with E-state index in [1.807, 2.05) is 4.90 Å². The average molecular weight is 492 g/mol. The van der Waals surface area contributed by atoms with E-state index in [4.69, 9.17) is 0 Å². The summed E-state index contributed by atoms with van der Waals surface area (Å²) in [5.74, 6) is 0.704. The number of thioether (sulfide) groups is 1. The standard InChI is InChI=1S/C24H33N3O4S2/c28-23(26-14-6-8-18-7-2-3-9-20(18)26)16-27-21-15-19(10-11-22(21)32-17-24(27)29)33(30,31)25-12-4-1-5-13-25/h10-11,15,18,20H,1-9,12-14,16-17H2/t18-,20+/m1/s1. The summed E-state index contributed by atoms with van der Waals surface area (Å²) in [5, 5.41) is 0. The van der Waals surface area contributed by atoms with Gasteiger partial charge >= 0.3 is 0 Å². The second-order valence-corrected chi connectivity index (χ2v) is 12.7. The van der Waals surface area contributed by atoms with Gasteiger partial charge in [-0.25, -0.2) is 8.42 Å². The minimum Gasteiger partial charge on any atom is -0.338 e. The third-order valence-corrected chi connectivity index (χ3v) is 10.6. The van der Waals surface area contributed by atoms with Gasteiger partial charge in [0.15, 0.2) is 0 Å².